The molecule has 6 nitrogen and oxygen atoms in total. The Hall–Kier alpha value is -2.50. The first kappa shape index (κ1) is 12.9. The fraction of sp³-hybridized carbons (Fsp3) is 0.231. The Labute approximate surface area is 110 Å². The van der Waals surface area contributed by atoms with Crippen LogP contribution < -0.4 is 4.74 Å². The SMILES string of the molecule is COC(=O)c1ccc(Oc2nnc(C)c(C)n2)cc1. The van der Waals surface area contributed by atoms with E-state index < -0.39 is 5.97 Å². The maximum absolute atomic E-state index is 11.3. The van der Waals surface area contributed by atoms with Crippen LogP contribution in [0.2, 0.25) is 0 Å². The number of benzene rings is 1. The maximum Gasteiger partial charge on any atom is 0.341 e. The minimum absolute atomic E-state index is 0.175. The fourth-order valence-corrected chi connectivity index (χ4v) is 1.36. The van der Waals surface area contributed by atoms with Crippen LogP contribution in [0.25, 0.3) is 0 Å². The number of aromatic nitrogens is 3. The average molecular weight is 259 g/mol. The molecule has 0 amide bonds. The Bertz CT molecular complexity index is 597. The molecule has 19 heavy (non-hydrogen) atoms. The Balaban J connectivity index is 2.15. The zero-order chi connectivity index (χ0) is 13.8. The van der Waals surface area contributed by atoms with E-state index in [1.807, 2.05) is 13.8 Å². The van der Waals surface area contributed by atoms with E-state index in [-0.39, 0.29) is 6.01 Å². The summed E-state index contributed by atoms with van der Waals surface area (Å²) in [5.41, 5.74) is 1.97. The highest BCUT2D eigenvalue weighted by atomic mass is 16.5. The average Bonchev–Trinajstić information content (AvgIpc) is 2.43. The van der Waals surface area contributed by atoms with Gasteiger partial charge in [-0.15, -0.1) is 5.10 Å². The van der Waals surface area contributed by atoms with Crippen molar-refractivity contribution in [2.24, 2.45) is 0 Å². The second kappa shape index (κ2) is 5.43. The van der Waals surface area contributed by atoms with Crippen LogP contribution in [0.15, 0.2) is 24.3 Å². The maximum atomic E-state index is 11.3. The van der Waals surface area contributed by atoms with Crippen LogP contribution in [-0.2, 0) is 4.74 Å². The number of methoxy groups -OCH3 is 1. The molecule has 0 saturated heterocycles. The van der Waals surface area contributed by atoms with Gasteiger partial charge in [-0.3, -0.25) is 0 Å². The molecule has 0 aliphatic carbocycles. The summed E-state index contributed by atoms with van der Waals surface area (Å²) in [6.07, 6.45) is 0. The topological polar surface area (TPSA) is 74.2 Å². The molecule has 1 aromatic heterocycles. The third-order valence-electron chi connectivity index (χ3n) is 2.56. The van der Waals surface area contributed by atoms with E-state index in [0.717, 1.165) is 11.4 Å². The standard InChI is InChI=1S/C13H13N3O3/c1-8-9(2)15-16-13(14-8)19-11-6-4-10(5-7-11)12(17)18-3/h4-7H,1-3H3. The second-order valence-electron chi connectivity index (χ2n) is 3.88. The summed E-state index contributed by atoms with van der Waals surface area (Å²) < 4.78 is 10.1. The van der Waals surface area contributed by atoms with Gasteiger partial charge in [-0.1, -0.05) is 5.10 Å². The van der Waals surface area contributed by atoms with Gasteiger partial charge in [-0.25, -0.2) is 4.79 Å². The number of esters is 1. The van der Waals surface area contributed by atoms with Crippen LogP contribution in [0.3, 0.4) is 0 Å². The predicted molar refractivity (Wildman–Crippen MR) is 67.2 cm³/mol. The number of hydrogen-bond donors (Lipinski definition) is 0. The second-order valence-corrected chi connectivity index (χ2v) is 3.88. The van der Waals surface area contributed by atoms with Crippen molar-refractivity contribution in [1.82, 2.24) is 15.2 Å². The number of ether oxygens (including phenoxy) is 2. The highest BCUT2D eigenvalue weighted by Crippen LogP contribution is 2.18. The van der Waals surface area contributed by atoms with Gasteiger partial charge in [-0.2, -0.15) is 4.98 Å². The van der Waals surface area contributed by atoms with Gasteiger partial charge >= 0.3 is 12.0 Å². The lowest BCUT2D eigenvalue weighted by atomic mass is 10.2. The zero-order valence-electron chi connectivity index (χ0n) is 10.9. The summed E-state index contributed by atoms with van der Waals surface area (Å²) in [6, 6.07) is 6.68. The fourth-order valence-electron chi connectivity index (χ4n) is 1.36. The molecule has 0 bridgehead atoms. The molecule has 2 rings (SSSR count). The van der Waals surface area contributed by atoms with Gasteiger partial charge < -0.3 is 9.47 Å². The molecule has 0 fully saturated rings. The number of aryl methyl sites for hydroxylation is 2. The van der Waals surface area contributed by atoms with Gasteiger partial charge in [0.1, 0.15) is 5.75 Å². The van der Waals surface area contributed by atoms with Crippen LogP contribution in [0.4, 0.5) is 0 Å². The Kier molecular flexibility index (Phi) is 3.70. The molecule has 98 valence electrons. The predicted octanol–water partition coefficient (Wildman–Crippen LogP) is 2.07. The molecule has 0 aliphatic rings. The molecule has 1 aromatic carbocycles. The molecule has 0 aliphatic heterocycles. The summed E-state index contributed by atoms with van der Waals surface area (Å²) in [6.45, 7) is 3.65. The molecule has 0 N–H and O–H groups in total. The summed E-state index contributed by atoms with van der Waals surface area (Å²) in [5, 5.41) is 7.76. The molecule has 0 atom stereocenters. The first-order chi connectivity index (χ1) is 9.10. The first-order valence-corrected chi connectivity index (χ1v) is 5.64. The van der Waals surface area contributed by atoms with Gasteiger partial charge in [0.05, 0.1) is 24.1 Å². The summed E-state index contributed by atoms with van der Waals surface area (Å²) in [4.78, 5) is 15.4. The summed E-state index contributed by atoms with van der Waals surface area (Å²) in [7, 11) is 1.33. The van der Waals surface area contributed by atoms with Crippen LogP contribution in [0.1, 0.15) is 21.7 Å². The van der Waals surface area contributed by atoms with E-state index in [4.69, 9.17) is 4.74 Å². The number of nitrogens with zero attached hydrogens (tertiary/aromatic N) is 3. The molecular weight excluding hydrogens is 246 g/mol. The van der Waals surface area contributed by atoms with E-state index in [0.29, 0.717) is 11.3 Å². The largest absolute Gasteiger partial charge is 0.465 e. The first-order valence-electron chi connectivity index (χ1n) is 5.64. The van der Waals surface area contributed by atoms with Gasteiger partial charge in [0, 0.05) is 0 Å². The Morgan fingerprint density at radius 3 is 2.32 bits per heavy atom. The molecule has 1 heterocycles. The molecule has 0 unspecified atom stereocenters. The normalized spacial score (nSPS) is 10.1. The number of carbonyl (C=O) groups is 1. The molecule has 6 heteroatoms. The van der Waals surface area contributed by atoms with Crippen molar-refractivity contribution >= 4 is 5.97 Å². The molecule has 0 radical (unpaired) electrons. The Morgan fingerprint density at radius 1 is 1.05 bits per heavy atom. The highest BCUT2D eigenvalue weighted by molar-refractivity contribution is 5.89. The van der Waals surface area contributed by atoms with Crippen molar-refractivity contribution in [2.45, 2.75) is 13.8 Å². The Morgan fingerprint density at radius 2 is 1.74 bits per heavy atom. The zero-order valence-corrected chi connectivity index (χ0v) is 10.9. The van der Waals surface area contributed by atoms with Crippen molar-refractivity contribution in [3.63, 3.8) is 0 Å². The third-order valence-corrected chi connectivity index (χ3v) is 2.56. The summed E-state index contributed by atoms with van der Waals surface area (Å²) in [5.74, 6) is 0.133. The highest BCUT2D eigenvalue weighted by Gasteiger charge is 2.07. The van der Waals surface area contributed by atoms with Crippen molar-refractivity contribution < 1.29 is 14.3 Å². The third kappa shape index (κ3) is 3.04. The van der Waals surface area contributed by atoms with Gasteiger partial charge in [-0.05, 0) is 38.1 Å². The van der Waals surface area contributed by atoms with Crippen LogP contribution >= 0.6 is 0 Å². The lowest BCUT2D eigenvalue weighted by Crippen LogP contribution is -2.01. The molecule has 0 spiro atoms. The van der Waals surface area contributed by atoms with Crippen molar-refractivity contribution in [3.05, 3.63) is 41.2 Å². The quantitative estimate of drug-likeness (QED) is 0.785. The molecule has 2 aromatic rings. The van der Waals surface area contributed by atoms with Crippen LogP contribution in [0.5, 0.6) is 11.8 Å². The van der Waals surface area contributed by atoms with E-state index in [2.05, 4.69) is 19.9 Å². The van der Waals surface area contributed by atoms with Crippen molar-refractivity contribution in [1.29, 1.82) is 0 Å². The van der Waals surface area contributed by atoms with Crippen LogP contribution in [-0.4, -0.2) is 28.3 Å². The summed E-state index contributed by atoms with van der Waals surface area (Å²) >= 11 is 0. The number of carbonyl (C=O) groups excluding carboxylic acids is 1. The lowest BCUT2D eigenvalue weighted by molar-refractivity contribution is 0.0600. The van der Waals surface area contributed by atoms with E-state index in [1.54, 1.807) is 24.3 Å². The number of hydrogen-bond acceptors (Lipinski definition) is 6. The van der Waals surface area contributed by atoms with Gasteiger partial charge in [0.15, 0.2) is 0 Å². The minimum atomic E-state index is -0.393. The monoisotopic (exact) mass is 259 g/mol. The van der Waals surface area contributed by atoms with Crippen LogP contribution in [0, 0.1) is 13.8 Å². The van der Waals surface area contributed by atoms with E-state index >= 15 is 0 Å². The van der Waals surface area contributed by atoms with E-state index in [1.165, 1.54) is 7.11 Å². The van der Waals surface area contributed by atoms with E-state index in [9.17, 15) is 4.79 Å². The molecule has 0 saturated carbocycles. The number of rotatable bonds is 3. The van der Waals surface area contributed by atoms with Crippen molar-refractivity contribution in [2.75, 3.05) is 7.11 Å². The lowest BCUT2D eigenvalue weighted by Gasteiger charge is -2.05. The van der Waals surface area contributed by atoms with Crippen molar-refractivity contribution in [3.8, 4) is 11.8 Å². The van der Waals surface area contributed by atoms with Gasteiger partial charge in [0.2, 0.25) is 0 Å². The minimum Gasteiger partial charge on any atom is -0.465 e. The smallest absolute Gasteiger partial charge is 0.341 e. The van der Waals surface area contributed by atoms with Gasteiger partial charge in [0.25, 0.3) is 0 Å². The molecular formula is C13H13N3O3.